The molecule has 2 atom stereocenters. The molecule has 4 heteroatoms. The Morgan fingerprint density at radius 2 is 1.67 bits per heavy atom. The van der Waals surface area contributed by atoms with Crippen LogP contribution in [0.2, 0.25) is 0 Å². The van der Waals surface area contributed by atoms with Crippen molar-refractivity contribution in [3.05, 3.63) is 0 Å². The van der Waals surface area contributed by atoms with Gasteiger partial charge in [0.25, 0.3) is 0 Å². The van der Waals surface area contributed by atoms with Crippen LogP contribution in [-0.4, -0.2) is 24.5 Å². The number of amides is 1. The number of hydrogen-bond donors (Lipinski definition) is 1. The molecule has 4 nitrogen and oxygen atoms in total. The van der Waals surface area contributed by atoms with Gasteiger partial charge in [0, 0.05) is 5.92 Å². The highest BCUT2D eigenvalue weighted by atomic mass is 16.5. The Morgan fingerprint density at radius 1 is 1.11 bits per heavy atom. The summed E-state index contributed by atoms with van der Waals surface area (Å²) in [4.78, 5) is 23.7. The highest BCUT2D eigenvalue weighted by Crippen LogP contribution is 2.13. The number of Topliss-reactive ketones (excluding diaryl/α,β-unsaturated/α-hetero) is 1. The van der Waals surface area contributed by atoms with Crippen molar-refractivity contribution in [3.63, 3.8) is 0 Å². The Labute approximate surface area is 110 Å². The number of carbonyl (C=O) groups excluding carboxylic acids is 2. The third-order valence-electron chi connectivity index (χ3n) is 2.91. The molecule has 0 saturated carbocycles. The molecule has 0 aromatic carbocycles. The molecule has 0 rings (SSSR count). The SMILES string of the molecule is CCC(C)C(NC(=O)OCC(C)C)C(=O)C(C)C. The molecule has 1 N–H and O–H groups in total. The predicted molar refractivity (Wildman–Crippen MR) is 72.4 cm³/mol. The highest BCUT2D eigenvalue weighted by Gasteiger charge is 2.28. The summed E-state index contributed by atoms with van der Waals surface area (Å²) in [6.45, 7) is 12.0. The summed E-state index contributed by atoms with van der Waals surface area (Å²) in [7, 11) is 0. The highest BCUT2D eigenvalue weighted by molar-refractivity contribution is 5.89. The fourth-order valence-electron chi connectivity index (χ4n) is 1.50. The lowest BCUT2D eigenvalue weighted by Gasteiger charge is -2.24. The number of ether oxygens (including phenoxy) is 1. The van der Waals surface area contributed by atoms with E-state index in [4.69, 9.17) is 4.74 Å². The van der Waals surface area contributed by atoms with Crippen LogP contribution in [0, 0.1) is 17.8 Å². The molecule has 0 fully saturated rings. The topological polar surface area (TPSA) is 55.4 Å². The molecular weight excluding hydrogens is 230 g/mol. The maximum absolute atomic E-state index is 12.0. The van der Waals surface area contributed by atoms with Crippen LogP contribution < -0.4 is 5.32 Å². The maximum atomic E-state index is 12.0. The van der Waals surface area contributed by atoms with E-state index in [0.717, 1.165) is 6.42 Å². The second kappa shape index (κ2) is 8.11. The van der Waals surface area contributed by atoms with E-state index in [0.29, 0.717) is 12.5 Å². The Morgan fingerprint density at radius 3 is 2.06 bits per heavy atom. The van der Waals surface area contributed by atoms with Crippen LogP contribution in [0.1, 0.15) is 48.0 Å². The molecule has 0 aliphatic carbocycles. The number of alkyl carbamates (subject to hydrolysis) is 1. The normalized spacial score (nSPS) is 14.4. The summed E-state index contributed by atoms with van der Waals surface area (Å²) in [5, 5.41) is 2.69. The van der Waals surface area contributed by atoms with E-state index < -0.39 is 12.1 Å². The van der Waals surface area contributed by atoms with Crippen molar-refractivity contribution in [2.75, 3.05) is 6.61 Å². The summed E-state index contributed by atoms with van der Waals surface area (Å²) in [5.74, 6) is 0.380. The van der Waals surface area contributed by atoms with Crippen molar-refractivity contribution in [1.82, 2.24) is 5.32 Å². The summed E-state index contributed by atoms with van der Waals surface area (Å²) < 4.78 is 5.06. The van der Waals surface area contributed by atoms with E-state index in [1.54, 1.807) is 0 Å². The van der Waals surface area contributed by atoms with Gasteiger partial charge in [-0.3, -0.25) is 4.79 Å². The third kappa shape index (κ3) is 6.03. The molecule has 0 heterocycles. The van der Waals surface area contributed by atoms with Gasteiger partial charge in [-0.1, -0.05) is 48.0 Å². The monoisotopic (exact) mass is 257 g/mol. The quantitative estimate of drug-likeness (QED) is 0.762. The summed E-state index contributed by atoms with van der Waals surface area (Å²) in [6, 6.07) is -0.449. The van der Waals surface area contributed by atoms with E-state index in [1.165, 1.54) is 0 Å². The molecule has 0 radical (unpaired) electrons. The van der Waals surface area contributed by atoms with Crippen LogP contribution in [-0.2, 0) is 9.53 Å². The lowest BCUT2D eigenvalue weighted by Crippen LogP contribution is -2.47. The molecule has 0 aromatic rings. The predicted octanol–water partition coefficient (Wildman–Crippen LogP) is 3.01. The number of nitrogens with one attached hydrogen (secondary N) is 1. The van der Waals surface area contributed by atoms with Crippen molar-refractivity contribution in [3.8, 4) is 0 Å². The van der Waals surface area contributed by atoms with Gasteiger partial charge in [0.1, 0.15) is 0 Å². The van der Waals surface area contributed by atoms with Crippen molar-refractivity contribution in [2.24, 2.45) is 17.8 Å². The van der Waals surface area contributed by atoms with E-state index in [1.807, 2.05) is 41.5 Å². The lowest BCUT2D eigenvalue weighted by atomic mass is 9.90. The molecule has 18 heavy (non-hydrogen) atoms. The van der Waals surface area contributed by atoms with Gasteiger partial charge in [0.2, 0.25) is 0 Å². The second-order valence-corrected chi connectivity index (χ2v) is 5.56. The van der Waals surface area contributed by atoms with Crippen LogP contribution >= 0.6 is 0 Å². The Bertz CT molecular complexity index is 274. The standard InChI is InChI=1S/C14H27NO3/c1-7-11(6)12(13(16)10(4)5)15-14(17)18-8-9(2)3/h9-12H,7-8H2,1-6H3,(H,15,17). The van der Waals surface area contributed by atoms with Crippen molar-refractivity contribution in [1.29, 1.82) is 0 Å². The first kappa shape index (κ1) is 16.9. The van der Waals surface area contributed by atoms with E-state index in [9.17, 15) is 9.59 Å². The van der Waals surface area contributed by atoms with Crippen molar-refractivity contribution < 1.29 is 14.3 Å². The average Bonchev–Trinajstić information content (AvgIpc) is 2.31. The van der Waals surface area contributed by atoms with Crippen LogP contribution in [0.25, 0.3) is 0 Å². The van der Waals surface area contributed by atoms with Gasteiger partial charge in [0.05, 0.1) is 12.6 Å². The van der Waals surface area contributed by atoms with E-state index >= 15 is 0 Å². The molecule has 1 amide bonds. The molecule has 0 spiro atoms. The fourth-order valence-corrected chi connectivity index (χ4v) is 1.50. The molecule has 0 aliphatic heterocycles. The summed E-state index contributed by atoms with van der Waals surface area (Å²) >= 11 is 0. The molecule has 0 saturated heterocycles. The van der Waals surface area contributed by atoms with E-state index in [2.05, 4.69) is 5.32 Å². The molecule has 2 unspecified atom stereocenters. The minimum absolute atomic E-state index is 0.0610. The van der Waals surface area contributed by atoms with Gasteiger partial charge in [-0.05, 0) is 11.8 Å². The zero-order valence-electron chi connectivity index (χ0n) is 12.4. The first-order chi connectivity index (χ1) is 8.29. The zero-order valence-corrected chi connectivity index (χ0v) is 12.4. The third-order valence-corrected chi connectivity index (χ3v) is 2.91. The maximum Gasteiger partial charge on any atom is 0.407 e. The van der Waals surface area contributed by atoms with Crippen LogP contribution in [0.15, 0.2) is 0 Å². The summed E-state index contributed by atoms with van der Waals surface area (Å²) in [6.07, 6.45) is 0.344. The van der Waals surface area contributed by atoms with Gasteiger partial charge < -0.3 is 10.1 Å². The molecule has 106 valence electrons. The average molecular weight is 257 g/mol. The molecule has 0 aliphatic rings. The minimum atomic E-state index is -0.497. The number of rotatable bonds is 7. The first-order valence-electron chi connectivity index (χ1n) is 6.76. The van der Waals surface area contributed by atoms with Crippen LogP contribution in [0.4, 0.5) is 4.79 Å². The Kier molecular flexibility index (Phi) is 7.64. The van der Waals surface area contributed by atoms with Crippen molar-refractivity contribution in [2.45, 2.75) is 54.0 Å². The van der Waals surface area contributed by atoms with E-state index in [-0.39, 0.29) is 17.6 Å². The van der Waals surface area contributed by atoms with Gasteiger partial charge >= 0.3 is 6.09 Å². The summed E-state index contributed by atoms with van der Waals surface area (Å²) in [5.41, 5.74) is 0. The molecular formula is C14H27NO3. The van der Waals surface area contributed by atoms with Gasteiger partial charge in [-0.2, -0.15) is 0 Å². The number of hydrogen-bond acceptors (Lipinski definition) is 3. The second-order valence-electron chi connectivity index (χ2n) is 5.56. The molecule has 0 aromatic heterocycles. The largest absolute Gasteiger partial charge is 0.449 e. The Hall–Kier alpha value is -1.06. The fraction of sp³-hybridized carbons (Fsp3) is 0.857. The van der Waals surface area contributed by atoms with Gasteiger partial charge in [-0.15, -0.1) is 0 Å². The van der Waals surface area contributed by atoms with Crippen LogP contribution in [0.5, 0.6) is 0 Å². The minimum Gasteiger partial charge on any atom is -0.449 e. The van der Waals surface area contributed by atoms with Gasteiger partial charge in [0.15, 0.2) is 5.78 Å². The van der Waals surface area contributed by atoms with Crippen LogP contribution in [0.3, 0.4) is 0 Å². The van der Waals surface area contributed by atoms with Gasteiger partial charge in [-0.25, -0.2) is 4.79 Å². The molecule has 0 bridgehead atoms. The smallest absolute Gasteiger partial charge is 0.407 e. The first-order valence-corrected chi connectivity index (χ1v) is 6.76. The number of ketones is 1. The van der Waals surface area contributed by atoms with Crippen molar-refractivity contribution >= 4 is 11.9 Å². The lowest BCUT2D eigenvalue weighted by molar-refractivity contribution is -0.125. The Balaban J connectivity index is 4.50. The number of carbonyl (C=O) groups is 2. The zero-order chi connectivity index (χ0) is 14.3.